The second kappa shape index (κ2) is 5.85. The summed E-state index contributed by atoms with van der Waals surface area (Å²) in [6, 6.07) is 0.480. The van der Waals surface area contributed by atoms with Gasteiger partial charge >= 0.3 is 156 Å². The van der Waals surface area contributed by atoms with Crippen molar-refractivity contribution in [2.45, 2.75) is 59.7 Å². The van der Waals surface area contributed by atoms with Gasteiger partial charge in [-0.05, 0) is 0 Å². The molecule has 4 rings (SSSR count). The number of nitrogens with zero attached hydrogens (tertiary/aromatic N) is 2. The third-order valence-electron chi connectivity index (χ3n) is 6.45. The van der Waals surface area contributed by atoms with Crippen molar-refractivity contribution in [3.8, 4) is 0 Å². The maximum absolute atomic E-state index is 12.5. The van der Waals surface area contributed by atoms with Gasteiger partial charge in [-0.25, -0.2) is 0 Å². The van der Waals surface area contributed by atoms with Crippen LogP contribution in [0, 0.1) is 17.3 Å². The van der Waals surface area contributed by atoms with Crippen molar-refractivity contribution in [2.24, 2.45) is 17.3 Å². The molecule has 4 saturated heterocycles. The Labute approximate surface area is 156 Å². The summed E-state index contributed by atoms with van der Waals surface area (Å²) in [5.74, 6) is 0.541. The second-order valence-corrected chi connectivity index (χ2v) is 12.8. The molecule has 4 fully saturated rings. The molecule has 0 N–H and O–H groups in total. The van der Waals surface area contributed by atoms with Crippen molar-refractivity contribution in [1.29, 1.82) is 0 Å². The van der Waals surface area contributed by atoms with Crippen LogP contribution in [-0.4, -0.2) is 66.4 Å². The van der Waals surface area contributed by atoms with Crippen LogP contribution in [0.3, 0.4) is 0 Å². The number of carbonyl (C=O) groups is 1. The summed E-state index contributed by atoms with van der Waals surface area (Å²) in [4.78, 5) is 12.5. The first kappa shape index (κ1) is 19.0. The first-order valence-electron chi connectivity index (χ1n) is 9.83. The summed E-state index contributed by atoms with van der Waals surface area (Å²) in [5.41, 5.74) is -0.399. The van der Waals surface area contributed by atoms with Crippen molar-refractivity contribution < 1.29 is 23.1 Å². The van der Waals surface area contributed by atoms with Crippen molar-refractivity contribution in [3.05, 3.63) is 0 Å². The summed E-state index contributed by atoms with van der Waals surface area (Å²) in [5, 5.41) is 0. The number of esters is 1. The molecule has 0 aromatic heterocycles. The number of hydrogen-bond donors (Lipinski definition) is 0. The number of cyclic esters (lactones) is 1. The standard InChI is InChI=1S/C18H33N2O5P/c1-12(2)14-9-23-26(25-16-17(21)22-11-18(16,5)6)19(14)7-8-20(26)15(10-24-26)13(3)4/h12-16H,7-11H2,1-6H3/t14-,15-,16-/m0/s1. The molecule has 7 nitrogen and oxygen atoms in total. The predicted molar refractivity (Wildman–Crippen MR) is 99.1 cm³/mol. The van der Waals surface area contributed by atoms with Gasteiger partial charge in [0.15, 0.2) is 0 Å². The molecule has 150 valence electrons. The van der Waals surface area contributed by atoms with Gasteiger partial charge in [0, 0.05) is 0 Å². The van der Waals surface area contributed by atoms with Crippen LogP contribution >= 0.6 is 7.59 Å². The quantitative estimate of drug-likeness (QED) is 0.542. The monoisotopic (exact) mass is 388 g/mol. The van der Waals surface area contributed by atoms with E-state index in [0.29, 0.717) is 31.7 Å². The van der Waals surface area contributed by atoms with E-state index >= 15 is 0 Å². The topological polar surface area (TPSA) is 60.5 Å². The zero-order valence-electron chi connectivity index (χ0n) is 16.8. The maximum atomic E-state index is 12.5. The van der Waals surface area contributed by atoms with Crippen molar-refractivity contribution in [3.63, 3.8) is 0 Å². The van der Waals surface area contributed by atoms with E-state index in [1.807, 2.05) is 13.8 Å². The Morgan fingerprint density at radius 1 is 1.04 bits per heavy atom. The van der Waals surface area contributed by atoms with Gasteiger partial charge in [-0.1, -0.05) is 0 Å². The molecule has 0 unspecified atom stereocenters. The van der Waals surface area contributed by atoms with Gasteiger partial charge in [0.25, 0.3) is 0 Å². The molecule has 0 bridgehead atoms. The third kappa shape index (κ3) is 2.31. The van der Waals surface area contributed by atoms with Crippen LogP contribution in [0.1, 0.15) is 41.5 Å². The Bertz CT molecular complexity index is 578. The fourth-order valence-corrected chi connectivity index (χ4v) is 10.2. The van der Waals surface area contributed by atoms with Crippen LogP contribution in [0.2, 0.25) is 0 Å². The third-order valence-corrected chi connectivity index (χ3v) is 10.9. The molecule has 4 aliphatic rings. The normalized spacial score (nSPS) is 39.8. The van der Waals surface area contributed by atoms with Crippen LogP contribution in [0.25, 0.3) is 0 Å². The molecule has 4 heterocycles. The number of carbonyl (C=O) groups excluding carboxylic acids is 1. The first-order valence-corrected chi connectivity index (χ1v) is 11.7. The molecule has 0 radical (unpaired) electrons. The van der Waals surface area contributed by atoms with Crippen LogP contribution in [0.4, 0.5) is 0 Å². The fraction of sp³-hybridized carbons (Fsp3) is 0.944. The van der Waals surface area contributed by atoms with E-state index in [4.69, 9.17) is 18.3 Å². The van der Waals surface area contributed by atoms with Gasteiger partial charge in [-0.2, -0.15) is 0 Å². The van der Waals surface area contributed by atoms with Gasteiger partial charge in [0.1, 0.15) is 0 Å². The molecule has 0 saturated carbocycles. The Morgan fingerprint density at radius 2 is 1.54 bits per heavy atom. The molecule has 26 heavy (non-hydrogen) atoms. The summed E-state index contributed by atoms with van der Waals surface area (Å²) in [6.45, 7) is 16.1. The Morgan fingerprint density at radius 3 is 1.92 bits per heavy atom. The van der Waals surface area contributed by atoms with Gasteiger partial charge in [-0.3, -0.25) is 0 Å². The van der Waals surface area contributed by atoms with Gasteiger partial charge in [0.2, 0.25) is 0 Å². The molecule has 8 heteroatoms. The second-order valence-electron chi connectivity index (χ2n) is 9.43. The average molecular weight is 388 g/mol. The van der Waals surface area contributed by atoms with Crippen LogP contribution in [0.5, 0.6) is 0 Å². The molecule has 0 aromatic rings. The predicted octanol–water partition coefficient (Wildman–Crippen LogP) is 2.81. The van der Waals surface area contributed by atoms with E-state index < -0.39 is 19.1 Å². The fourth-order valence-electron chi connectivity index (χ4n) is 4.78. The van der Waals surface area contributed by atoms with E-state index in [2.05, 4.69) is 37.0 Å². The molecule has 3 atom stereocenters. The Kier molecular flexibility index (Phi) is 4.28. The minimum absolute atomic E-state index is 0.240. The molecule has 1 spiro atoms. The number of rotatable bonds is 4. The minimum atomic E-state index is -3.70. The average Bonchev–Trinajstić information content (AvgIpc) is 3.20. The zero-order chi connectivity index (χ0) is 18.9. The first-order chi connectivity index (χ1) is 12.1. The van der Waals surface area contributed by atoms with Crippen LogP contribution < -0.4 is 0 Å². The van der Waals surface area contributed by atoms with Crippen LogP contribution in [0.15, 0.2) is 0 Å². The molecule has 4 aliphatic heterocycles. The Hall–Kier alpha value is -0.300. The van der Waals surface area contributed by atoms with Crippen molar-refractivity contribution >= 4 is 13.6 Å². The van der Waals surface area contributed by atoms with E-state index in [1.165, 1.54) is 0 Å². The molecule has 0 amide bonds. The van der Waals surface area contributed by atoms with Crippen molar-refractivity contribution in [1.82, 2.24) is 9.34 Å². The van der Waals surface area contributed by atoms with Gasteiger partial charge in [-0.15, -0.1) is 0 Å². The SMILES string of the molecule is CC(C)[C@@H]1COP23(O[C@H]4C(=O)OCC4(C)C)OC[C@@H](C(C)C)N2CCN13. The van der Waals surface area contributed by atoms with E-state index in [0.717, 1.165) is 13.1 Å². The van der Waals surface area contributed by atoms with E-state index in [9.17, 15) is 4.79 Å². The summed E-state index contributed by atoms with van der Waals surface area (Å²) >= 11 is 0. The van der Waals surface area contributed by atoms with Gasteiger partial charge in [0.05, 0.1) is 0 Å². The zero-order valence-corrected chi connectivity index (χ0v) is 17.7. The summed E-state index contributed by atoms with van der Waals surface area (Å²) < 4.78 is 29.9. The van der Waals surface area contributed by atoms with E-state index in [-0.39, 0.29) is 18.1 Å². The number of hydrogen-bond acceptors (Lipinski definition) is 7. The summed E-state index contributed by atoms with van der Waals surface area (Å²) in [6.07, 6.45) is -0.667. The number of ether oxygens (including phenoxy) is 1. The molecule has 0 aromatic carbocycles. The van der Waals surface area contributed by atoms with E-state index in [1.54, 1.807) is 0 Å². The van der Waals surface area contributed by atoms with Gasteiger partial charge < -0.3 is 0 Å². The Balaban J connectivity index is 1.78. The van der Waals surface area contributed by atoms with Crippen LogP contribution in [-0.2, 0) is 23.1 Å². The molecular formula is C18H33N2O5P. The molecule has 0 aliphatic carbocycles. The summed E-state index contributed by atoms with van der Waals surface area (Å²) in [7, 11) is -3.70. The molecular weight excluding hydrogens is 355 g/mol. The van der Waals surface area contributed by atoms with Crippen molar-refractivity contribution in [2.75, 3.05) is 32.9 Å².